The van der Waals surface area contributed by atoms with Gasteiger partial charge >= 0.3 is 5.97 Å². The molecule has 1 atom stereocenters. The summed E-state index contributed by atoms with van der Waals surface area (Å²) in [6, 6.07) is 9.89. The number of hydroxylamine groups is 2. The van der Waals surface area contributed by atoms with Crippen molar-refractivity contribution in [3.05, 3.63) is 35.9 Å². The van der Waals surface area contributed by atoms with Crippen molar-refractivity contribution >= 4 is 22.6 Å². The molecule has 0 heterocycles. The van der Waals surface area contributed by atoms with Gasteiger partial charge in [0, 0.05) is 0 Å². The summed E-state index contributed by atoms with van der Waals surface area (Å²) in [5.74, 6) is -0.265. The highest BCUT2D eigenvalue weighted by Crippen LogP contribution is 2.41. The van der Waals surface area contributed by atoms with E-state index < -0.39 is 16.6 Å². The summed E-state index contributed by atoms with van der Waals surface area (Å²) in [5, 5.41) is 1.70. The predicted molar refractivity (Wildman–Crippen MR) is 129 cm³/mol. The molecule has 0 saturated heterocycles. The monoisotopic (exact) mass is 453 g/mol. The summed E-state index contributed by atoms with van der Waals surface area (Å²) < 4.78 is 18.4. The molecule has 1 aromatic rings. The minimum atomic E-state index is -2.20. The molecule has 0 aliphatic carbocycles. The van der Waals surface area contributed by atoms with Crippen LogP contribution < -0.4 is 0 Å². The van der Waals surface area contributed by atoms with Crippen LogP contribution in [0.5, 0.6) is 0 Å². The normalized spacial score (nSPS) is 14.7. The maximum atomic E-state index is 12.3. The first-order chi connectivity index (χ1) is 13.5. The Balaban J connectivity index is 3.36. The van der Waals surface area contributed by atoms with Gasteiger partial charge in [0.1, 0.15) is 0 Å². The van der Waals surface area contributed by atoms with Crippen molar-refractivity contribution in [2.45, 2.75) is 96.7 Å². The standard InChI is InChI=1S/C23H43NO4Si2/c1-22(2,3)29(8,9)27-24(28-30(10,11)23(4,5)6)20(18-21(25)26-7)17-19-15-13-12-14-16-19/h12-16,20H,17-18H2,1-11H3. The van der Waals surface area contributed by atoms with Crippen LogP contribution in [0.25, 0.3) is 0 Å². The number of carbonyl (C=O) groups excluding carboxylic acids is 1. The van der Waals surface area contributed by atoms with Crippen molar-refractivity contribution in [3.8, 4) is 0 Å². The highest BCUT2D eigenvalue weighted by molar-refractivity contribution is 6.74. The summed E-state index contributed by atoms with van der Waals surface area (Å²) in [4.78, 5) is 12.3. The summed E-state index contributed by atoms with van der Waals surface area (Å²) >= 11 is 0. The maximum Gasteiger partial charge on any atom is 0.307 e. The van der Waals surface area contributed by atoms with Gasteiger partial charge in [-0.3, -0.25) is 4.79 Å². The van der Waals surface area contributed by atoms with Crippen LogP contribution in [-0.2, 0) is 25.0 Å². The Kier molecular flexibility index (Phi) is 9.09. The molecule has 172 valence electrons. The zero-order chi connectivity index (χ0) is 23.4. The van der Waals surface area contributed by atoms with Gasteiger partial charge in [-0.05, 0) is 48.2 Å². The molecule has 5 nitrogen and oxygen atoms in total. The van der Waals surface area contributed by atoms with Gasteiger partial charge in [0.05, 0.1) is 19.6 Å². The van der Waals surface area contributed by atoms with Crippen LogP contribution in [0.15, 0.2) is 30.3 Å². The summed E-state index contributed by atoms with van der Waals surface area (Å²) in [5.41, 5.74) is 1.13. The van der Waals surface area contributed by atoms with E-state index in [-0.39, 0.29) is 28.5 Å². The first kappa shape index (κ1) is 27.0. The minimum absolute atomic E-state index is 0.00457. The molecule has 0 aromatic heterocycles. The fourth-order valence-corrected chi connectivity index (χ4v) is 4.17. The Bertz CT molecular complexity index is 651. The zero-order valence-electron chi connectivity index (χ0n) is 21.0. The number of benzene rings is 1. The quantitative estimate of drug-likeness (QED) is 0.248. The number of nitrogens with zero attached hydrogens (tertiary/aromatic N) is 1. The minimum Gasteiger partial charge on any atom is -0.469 e. The van der Waals surface area contributed by atoms with Gasteiger partial charge in [-0.1, -0.05) is 77.1 Å². The Morgan fingerprint density at radius 2 is 1.33 bits per heavy atom. The van der Waals surface area contributed by atoms with Crippen LogP contribution in [0.2, 0.25) is 36.3 Å². The molecule has 1 unspecified atom stereocenters. The van der Waals surface area contributed by atoms with E-state index in [1.165, 1.54) is 7.11 Å². The second-order valence-corrected chi connectivity index (χ2v) is 20.5. The highest BCUT2D eigenvalue weighted by Gasteiger charge is 2.46. The van der Waals surface area contributed by atoms with E-state index in [1.807, 2.05) is 18.2 Å². The van der Waals surface area contributed by atoms with Crippen LogP contribution in [0.4, 0.5) is 0 Å². The lowest BCUT2D eigenvalue weighted by atomic mass is 10.0. The van der Waals surface area contributed by atoms with Crippen molar-refractivity contribution in [2.75, 3.05) is 7.11 Å². The molecular weight excluding hydrogens is 410 g/mol. The molecule has 1 aromatic carbocycles. The lowest BCUT2D eigenvalue weighted by molar-refractivity contribution is -0.302. The Morgan fingerprint density at radius 3 is 1.70 bits per heavy atom. The molecule has 0 N–H and O–H groups in total. The topological polar surface area (TPSA) is 48.0 Å². The van der Waals surface area contributed by atoms with Crippen molar-refractivity contribution in [1.29, 1.82) is 0 Å². The van der Waals surface area contributed by atoms with Crippen LogP contribution in [0.3, 0.4) is 0 Å². The number of rotatable bonds is 9. The molecule has 0 spiro atoms. The number of esters is 1. The fraction of sp³-hybridized carbons (Fsp3) is 0.696. The van der Waals surface area contributed by atoms with Gasteiger partial charge in [0.15, 0.2) is 0 Å². The van der Waals surface area contributed by atoms with Gasteiger partial charge in [-0.15, -0.1) is 0 Å². The lowest BCUT2D eigenvalue weighted by Gasteiger charge is -2.46. The van der Waals surface area contributed by atoms with E-state index in [1.54, 1.807) is 5.23 Å². The molecule has 7 heteroatoms. The SMILES string of the molecule is COC(=O)CC(Cc1ccccc1)N(O[Si](C)(C)C(C)(C)C)O[Si](C)(C)C(C)(C)C. The third-order valence-electron chi connectivity index (χ3n) is 6.49. The van der Waals surface area contributed by atoms with Crippen LogP contribution in [0, 0.1) is 0 Å². The van der Waals surface area contributed by atoms with Crippen LogP contribution in [0.1, 0.15) is 53.5 Å². The van der Waals surface area contributed by atoms with Crippen LogP contribution in [-0.4, -0.2) is 41.0 Å². The highest BCUT2D eigenvalue weighted by atomic mass is 28.4. The largest absolute Gasteiger partial charge is 0.469 e. The molecule has 30 heavy (non-hydrogen) atoms. The van der Waals surface area contributed by atoms with E-state index in [0.29, 0.717) is 6.42 Å². The first-order valence-electron chi connectivity index (χ1n) is 10.8. The van der Waals surface area contributed by atoms with Gasteiger partial charge in [-0.2, -0.15) is 0 Å². The maximum absolute atomic E-state index is 12.3. The Hall–Kier alpha value is -0.996. The summed E-state index contributed by atoms with van der Waals surface area (Å²) in [6.07, 6.45) is 0.841. The van der Waals surface area contributed by atoms with E-state index in [2.05, 4.69) is 79.9 Å². The van der Waals surface area contributed by atoms with Gasteiger partial charge in [0.25, 0.3) is 0 Å². The molecule has 1 rings (SSSR count). The molecule has 0 fully saturated rings. The van der Waals surface area contributed by atoms with Crippen molar-refractivity contribution in [3.63, 3.8) is 0 Å². The average Bonchev–Trinajstić information content (AvgIpc) is 2.59. The summed E-state index contributed by atoms with van der Waals surface area (Å²) in [7, 11) is -2.97. The number of carbonyl (C=O) groups is 1. The molecule has 0 aliphatic rings. The summed E-state index contributed by atoms with van der Waals surface area (Å²) in [6.45, 7) is 22.0. The Morgan fingerprint density at radius 1 is 0.900 bits per heavy atom. The smallest absolute Gasteiger partial charge is 0.307 e. The second kappa shape index (κ2) is 10.1. The third-order valence-corrected chi connectivity index (χ3v) is 15.0. The van der Waals surface area contributed by atoms with E-state index in [4.69, 9.17) is 13.8 Å². The van der Waals surface area contributed by atoms with E-state index in [0.717, 1.165) is 5.56 Å². The number of methoxy groups -OCH3 is 1. The Labute approximate surface area is 186 Å². The van der Waals surface area contributed by atoms with Crippen LogP contribution >= 0.6 is 0 Å². The predicted octanol–water partition coefficient (Wildman–Crippen LogP) is 6.34. The average molecular weight is 454 g/mol. The molecule has 0 radical (unpaired) electrons. The lowest BCUT2D eigenvalue weighted by Crippen LogP contribution is -2.56. The third kappa shape index (κ3) is 7.60. The van der Waals surface area contributed by atoms with E-state index >= 15 is 0 Å². The first-order valence-corrected chi connectivity index (χ1v) is 16.6. The van der Waals surface area contributed by atoms with Crippen molar-refractivity contribution < 1.29 is 18.6 Å². The molecule has 0 saturated carbocycles. The zero-order valence-corrected chi connectivity index (χ0v) is 23.0. The van der Waals surface area contributed by atoms with Crippen molar-refractivity contribution in [2.24, 2.45) is 0 Å². The second-order valence-electron chi connectivity index (χ2n) is 11.1. The van der Waals surface area contributed by atoms with Gasteiger partial charge in [0.2, 0.25) is 16.6 Å². The molecule has 0 aliphatic heterocycles. The fourth-order valence-electron chi connectivity index (χ4n) is 2.27. The van der Waals surface area contributed by atoms with E-state index in [9.17, 15) is 4.79 Å². The van der Waals surface area contributed by atoms with Gasteiger partial charge < -0.3 is 13.8 Å². The number of ether oxygens (including phenoxy) is 1. The molecular formula is C23H43NO4Si2. The van der Waals surface area contributed by atoms with Gasteiger partial charge in [-0.25, -0.2) is 0 Å². The number of hydrogen-bond donors (Lipinski definition) is 0. The molecule has 0 bridgehead atoms. The van der Waals surface area contributed by atoms with Crippen molar-refractivity contribution in [1.82, 2.24) is 5.23 Å². The number of hydrogen-bond acceptors (Lipinski definition) is 5. The molecule has 0 amide bonds.